The number of nitrogens with one attached hydrogen (secondary N) is 2. The maximum Gasteiger partial charge on any atom is 0.335 e. The molecule has 40 heavy (non-hydrogen) atoms. The molecule has 0 aliphatic carbocycles. The third kappa shape index (κ3) is 8.71. The Labute approximate surface area is 235 Å². The molecule has 3 amide bonds. The van der Waals surface area contributed by atoms with Gasteiger partial charge in [-0.3, -0.25) is 14.4 Å². The van der Waals surface area contributed by atoms with Gasteiger partial charge in [-0.15, -0.1) is 5.10 Å². The lowest BCUT2D eigenvalue weighted by Crippen LogP contribution is -2.47. The van der Waals surface area contributed by atoms with E-state index < -0.39 is 23.8 Å². The van der Waals surface area contributed by atoms with E-state index in [-0.39, 0.29) is 17.9 Å². The maximum atomic E-state index is 13.1. The Balaban J connectivity index is 1.78. The number of anilines is 1. The molecule has 14 heteroatoms. The van der Waals surface area contributed by atoms with Gasteiger partial charge in [0, 0.05) is 42.5 Å². The highest BCUT2D eigenvalue weighted by atomic mass is 35.5. The van der Waals surface area contributed by atoms with Crippen molar-refractivity contribution in [2.75, 3.05) is 39.5 Å². The average molecular weight is 569 g/mol. The highest BCUT2D eigenvalue weighted by molar-refractivity contribution is 6.30. The number of rotatable bonds is 12. The summed E-state index contributed by atoms with van der Waals surface area (Å²) in [7, 11) is 5.37. The molecular weight excluding hydrogens is 540 g/mol. The van der Waals surface area contributed by atoms with E-state index in [1.807, 2.05) is 19.0 Å². The van der Waals surface area contributed by atoms with Gasteiger partial charge >= 0.3 is 5.97 Å². The molecule has 0 aliphatic rings. The first-order valence-electron chi connectivity index (χ1n) is 12.1. The smallest absolute Gasteiger partial charge is 0.335 e. The number of carboxylic acid groups (broad SMARTS) is 1. The Morgan fingerprint density at radius 3 is 2.42 bits per heavy atom. The molecule has 1 heterocycles. The Kier molecular flexibility index (Phi) is 10.4. The van der Waals surface area contributed by atoms with Gasteiger partial charge in [-0.05, 0) is 73.1 Å². The zero-order valence-electron chi connectivity index (χ0n) is 22.1. The number of carbonyl (C=O) groups is 4. The van der Waals surface area contributed by atoms with Gasteiger partial charge in [0.1, 0.15) is 12.4 Å². The summed E-state index contributed by atoms with van der Waals surface area (Å²) in [6.45, 7) is 1.05. The van der Waals surface area contributed by atoms with Gasteiger partial charge < -0.3 is 25.5 Å². The van der Waals surface area contributed by atoms with E-state index in [1.54, 1.807) is 25.2 Å². The number of likely N-dealkylation sites (N-methyl/N-ethyl adjacent to an activating group) is 2. The molecule has 0 radical (unpaired) electrons. The number of tetrazole rings is 1. The van der Waals surface area contributed by atoms with Crippen LogP contribution in [0.1, 0.15) is 22.3 Å². The summed E-state index contributed by atoms with van der Waals surface area (Å²) in [4.78, 5) is 53.4. The number of hydrogen-bond donors (Lipinski definition) is 3. The highest BCUT2D eigenvalue weighted by Gasteiger charge is 2.25. The van der Waals surface area contributed by atoms with Crippen LogP contribution in [0.15, 0.2) is 54.9 Å². The number of hydrogen-bond acceptors (Lipinski definition) is 8. The summed E-state index contributed by atoms with van der Waals surface area (Å²) in [5.41, 5.74) is 1.46. The van der Waals surface area contributed by atoms with E-state index >= 15 is 0 Å². The molecule has 13 nitrogen and oxygen atoms in total. The fourth-order valence-corrected chi connectivity index (χ4v) is 3.64. The maximum absolute atomic E-state index is 13.1. The SMILES string of the molecule is CN(C)CCN(C)C(=O)C[C@H](NC(=O)/C=C/c1cc(Cl)ccc1-n1cnnn1)C(=O)Nc1ccc(C(=O)O)cc1. The van der Waals surface area contributed by atoms with Crippen LogP contribution < -0.4 is 10.6 Å². The van der Waals surface area contributed by atoms with Crippen molar-refractivity contribution in [1.29, 1.82) is 0 Å². The molecule has 0 fully saturated rings. The van der Waals surface area contributed by atoms with Crippen LogP contribution in [0.5, 0.6) is 0 Å². The summed E-state index contributed by atoms with van der Waals surface area (Å²) >= 11 is 6.13. The van der Waals surface area contributed by atoms with Crippen LogP contribution in [-0.4, -0.2) is 99.1 Å². The molecule has 1 aromatic heterocycles. The van der Waals surface area contributed by atoms with Gasteiger partial charge in [0.15, 0.2) is 0 Å². The van der Waals surface area contributed by atoms with E-state index in [0.717, 1.165) is 0 Å². The lowest BCUT2D eigenvalue weighted by Gasteiger charge is -2.23. The minimum atomic E-state index is -1.22. The second kappa shape index (κ2) is 14.0. The van der Waals surface area contributed by atoms with E-state index in [2.05, 4.69) is 26.2 Å². The first-order chi connectivity index (χ1) is 19.0. The van der Waals surface area contributed by atoms with Crippen LogP contribution in [0.25, 0.3) is 11.8 Å². The normalized spacial score (nSPS) is 11.8. The van der Waals surface area contributed by atoms with Crippen LogP contribution in [0.3, 0.4) is 0 Å². The molecule has 3 N–H and O–H groups in total. The average Bonchev–Trinajstić information content (AvgIpc) is 3.45. The van der Waals surface area contributed by atoms with Gasteiger partial charge in [0.25, 0.3) is 0 Å². The highest BCUT2D eigenvalue weighted by Crippen LogP contribution is 2.20. The van der Waals surface area contributed by atoms with Crippen molar-refractivity contribution < 1.29 is 24.3 Å². The van der Waals surface area contributed by atoms with Crippen molar-refractivity contribution in [2.24, 2.45) is 0 Å². The van der Waals surface area contributed by atoms with Crippen LogP contribution in [0, 0.1) is 0 Å². The Morgan fingerprint density at radius 1 is 1.07 bits per heavy atom. The number of halogens is 1. The van der Waals surface area contributed by atoms with Crippen LogP contribution in [0.2, 0.25) is 5.02 Å². The van der Waals surface area contributed by atoms with Gasteiger partial charge in [0.05, 0.1) is 17.7 Å². The fraction of sp³-hybridized carbons (Fsp3) is 0.269. The number of benzene rings is 2. The molecule has 0 saturated heterocycles. The predicted molar refractivity (Wildman–Crippen MR) is 148 cm³/mol. The molecule has 0 saturated carbocycles. The van der Waals surface area contributed by atoms with E-state index in [9.17, 15) is 19.2 Å². The monoisotopic (exact) mass is 568 g/mol. The fourth-order valence-electron chi connectivity index (χ4n) is 3.46. The molecule has 2 aromatic carbocycles. The molecule has 1 atom stereocenters. The minimum absolute atomic E-state index is 0.0488. The lowest BCUT2D eigenvalue weighted by atomic mass is 10.1. The van der Waals surface area contributed by atoms with Crippen LogP contribution in [0.4, 0.5) is 5.69 Å². The molecule has 0 aliphatic heterocycles. The summed E-state index contributed by atoms with van der Waals surface area (Å²) < 4.78 is 1.40. The number of carboxylic acids is 1. The van der Waals surface area contributed by atoms with Crippen LogP contribution >= 0.6 is 11.6 Å². The summed E-state index contributed by atoms with van der Waals surface area (Å²) in [6, 6.07) is 9.25. The van der Waals surface area contributed by atoms with Crippen molar-refractivity contribution in [2.45, 2.75) is 12.5 Å². The first kappa shape index (κ1) is 29.9. The second-order valence-electron chi connectivity index (χ2n) is 9.05. The van der Waals surface area contributed by atoms with Crippen molar-refractivity contribution in [3.8, 4) is 5.69 Å². The van der Waals surface area contributed by atoms with E-state index in [4.69, 9.17) is 16.7 Å². The molecule has 0 unspecified atom stereocenters. The summed E-state index contributed by atoms with van der Waals surface area (Å²) in [5, 5.41) is 25.8. The zero-order valence-corrected chi connectivity index (χ0v) is 22.9. The van der Waals surface area contributed by atoms with Crippen molar-refractivity contribution >= 4 is 47.1 Å². The number of aromatic carboxylic acids is 1. The largest absolute Gasteiger partial charge is 0.478 e. The van der Waals surface area contributed by atoms with Gasteiger partial charge in [-0.25, -0.2) is 4.79 Å². The van der Waals surface area contributed by atoms with Gasteiger partial charge in [-0.1, -0.05) is 11.6 Å². The van der Waals surface area contributed by atoms with Gasteiger partial charge in [-0.2, -0.15) is 4.68 Å². The number of amides is 3. The quantitative estimate of drug-likeness (QED) is 0.275. The minimum Gasteiger partial charge on any atom is -0.478 e. The van der Waals surface area contributed by atoms with E-state index in [0.29, 0.717) is 35.1 Å². The third-order valence-corrected chi connectivity index (χ3v) is 5.95. The number of aromatic nitrogens is 4. The zero-order chi connectivity index (χ0) is 29.2. The Morgan fingerprint density at radius 2 is 1.80 bits per heavy atom. The number of nitrogens with zero attached hydrogens (tertiary/aromatic N) is 6. The van der Waals surface area contributed by atoms with Crippen molar-refractivity contribution in [3.63, 3.8) is 0 Å². The van der Waals surface area contributed by atoms with Crippen molar-refractivity contribution in [1.82, 2.24) is 35.3 Å². The molecule has 3 rings (SSSR count). The Hall–Kier alpha value is -4.62. The third-order valence-electron chi connectivity index (χ3n) is 5.72. The summed E-state index contributed by atoms with van der Waals surface area (Å²) in [5.74, 6) is -2.73. The number of carbonyl (C=O) groups excluding carboxylic acids is 3. The van der Waals surface area contributed by atoms with Gasteiger partial charge in [0.2, 0.25) is 17.7 Å². The summed E-state index contributed by atoms with van der Waals surface area (Å²) in [6.07, 6.45) is 3.79. The second-order valence-corrected chi connectivity index (χ2v) is 9.48. The predicted octanol–water partition coefficient (Wildman–Crippen LogP) is 1.56. The van der Waals surface area contributed by atoms with Crippen molar-refractivity contribution in [3.05, 3.63) is 71.0 Å². The first-order valence-corrected chi connectivity index (χ1v) is 12.5. The van der Waals surface area contributed by atoms with E-state index in [1.165, 1.54) is 52.3 Å². The molecule has 0 spiro atoms. The lowest BCUT2D eigenvalue weighted by molar-refractivity contribution is -0.133. The molecule has 0 bridgehead atoms. The topological polar surface area (TPSA) is 163 Å². The standard InChI is InChI=1S/C26H29ClN8O5/c1-33(2)12-13-34(3)24(37)15-21(25(38)29-20-8-4-17(5-9-20)26(39)40)30-23(36)11-6-18-14-19(27)7-10-22(18)35-16-28-31-32-35/h4-11,14,16,21H,12-13,15H2,1-3H3,(H,29,38)(H,30,36)(H,39,40)/b11-6+/t21-/m0/s1. The molecular formula is C26H29ClN8O5. The van der Waals surface area contributed by atoms with Crippen LogP contribution in [-0.2, 0) is 14.4 Å². The Bertz CT molecular complexity index is 1380. The molecule has 3 aromatic rings. The molecule has 210 valence electrons.